The molecule has 5 nitrogen and oxygen atoms in total. The lowest BCUT2D eigenvalue weighted by Gasteiger charge is -2.41. The van der Waals surface area contributed by atoms with Crippen molar-refractivity contribution in [1.82, 2.24) is 14.9 Å². The highest BCUT2D eigenvalue weighted by atomic mass is 19.2. The van der Waals surface area contributed by atoms with Crippen molar-refractivity contribution in [2.75, 3.05) is 6.61 Å². The van der Waals surface area contributed by atoms with Crippen molar-refractivity contribution in [2.45, 2.75) is 62.9 Å². The van der Waals surface area contributed by atoms with Crippen LogP contribution in [0.3, 0.4) is 0 Å². The first-order valence-electron chi connectivity index (χ1n) is 9.86. The van der Waals surface area contributed by atoms with E-state index in [0.717, 1.165) is 30.2 Å². The summed E-state index contributed by atoms with van der Waals surface area (Å²) in [7, 11) is 0. The molecular formula is C20H23F3N4O. The van der Waals surface area contributed by atoms with Gasteiger partial charge >= 0.3 is 0 Å². The SMILES string of the molecule is NC1CC(N2Cc3cnc(C4CC4)nc3C2)CO[C@@H]1C1CC(F)=C(F)C=C1F. The van der Waals surface area contributed by atoms with Crippen LogP contribution in [0.4, 0.5) is 13.2 Å². The minimum absolute atomic E-state index is 0.0811. The molecule has 0 bridgehead atoms. The van der Waals surface area contributed by atoms with Crippen molar-refractivity contribution in [3.05, 3.63) is 46.8 Å². The Morgan fingerprint density at radius 1 is 1.18 bits per heavy atom. The first kappa shape index (κ1) is 18.3. The van der Waals surface area contributed by atoms with Gasteiger partial charge in [0.15, 0.2) is 5.83 Å². The molecule has 0 aromatic carbocycles. The Bertz CT molecular complexity index is 854. The van der Waals surface area contributed by atoms with Gasteiger partial charge in [-0.15, -0.1) is 0 Å². The highest BCUT2D eigenvalue weighted by Gasteiger charge is 2.41. The van der Waals surface area contributed by atoms with E-state index in [4.69, 9.17) is 15.5 Å². The predicted molar refractivity (Wildman–Crippen MR) is 95.9 cm³/mol. The van der Waals surface area contributed by atoms with E-state index in [1.807, 2.05) is 6.20 Å². The van der Waals surface area contributed by atoms with Gasteiger partial charge in [-0.2, -0.15) is 0 Å². The maximum Gasteiger partial charge on any atom is 0.157 e. The van der Waals surface area contributed by atoms with Gasteiger partial charge in [-0.05, 0) is 19.3 Å². The zero-order valence-electron chi connectivity index (χ0n) is 15.5. The molecule has 28 heavy (non-hydrogen) atoms. The summed E-state index contributed by atoms with van der Waals surface area (Å²) in [4.78, 5) is 11.5. The largest absolute Gasteiger partial charge is 0.374 e. The molecule has 3 unspecified atom stereocenters. The van der Waals surface area contributed by atoms with Crippen LogP contribution in [0.1, 0.15) is 48.7 Å². The lowest BCUT2D eigenvalue weighted by Crippen LogP contribution is -2.53. The van der Waals surface area contributed by atoms with Gasteiger partial charge in [-0.25, -0.2) is 23.1 Å². The monoisotopic (exact) mass is 392 g/mol. The molecule has 2 aliphatic carbocycles. The molecule has 2 aliphatic heterocycles. The predicted octanol–water partition coefficient (Wildman–Crippen LogP) is 3.18. The van der Waals surface area contributed by atoms with E-state index in [-0.39, 0.29) is 12.5 Å². The van der Waals surface area contributed by atoms with Crippen LogP contribution in [0, 0.1) is 5.92 Å². The van der Waals surface area contributed by atoms with Gasteiger partial charge in [0.2, 0.25) is 0 Å². The number of aromatic nitrogens is 2. The number of allylic oxidation sites excluding steroid dienone is 3. The van der Waals surface area contributed by atoms with E-state index in [1.54, 1.807) is 0 Å². The van der Waals surface area contributed by atoms with Gasteiger partial charge in [-0.1, -0.05) is 0 Å². The lowest BCUT2D eigenvalue weighted by atomic mass is 9.84. The van der Waals surface area contributed by atoms with Crippen molar-refractivity contribution in [2.24, 2.45) is 11.7 Å². The third kappa shape index (κ3) is 3.27. The quantitative estimate of drug-likeness (QED) is 0.856. The van der Waals surface area contributed by atoms with Crippen molar-refractivity contribution >= 4 is 0 Å². The second kappa shape index (κ2) is 6.93. The molecule has 3 heterocycles. The molecule has 1 saturated carbocycles. The first-order valence-corrected chi connectivity index (χ1v) is 9.86. The summed E-state index contributed by atoms with van der Waals surface area (Å²) < 4.78 is 46.9. The van der Waals surface area contributed by atoms with Gasteiger partial charge in [0.1, 0.15) is 17.5 Å². The Morgan fingerprint density at radius 3 is 2.75 bits per heavy atom. The smallest absolute Gasteiger partial charge is 0.157 e. The summed E-state index contributed by atoms with van der Waals surface area (Å²) in [6.07, 6.45) is 4.48. The third-order valence-corrected chi connectivity index (χ3v) is 6.28. The maximum atomic E-state index is 14.2. The molecule has 5 rings (SSSR count). The van der Waals surface area contributed by atoms with Crippen LogP contribution in [-0.4, -0.2) is 39.7 Å². The number of rotatable bonds is 3. The van der Waals surface area contributed by atoms with Gasteiger partial charge < -0.3 is 10.5 Å². The van der Waals surface area contributed by atoms with E-state index in [2.05, 4.69) is 9.88 Å². The van der Waals surface area contributed by atoms with E-state index in [9.17, 15) is 13.2 Å². The first-order chi connectivity index (χ1) is 13.5. The number of hydrogen-bond acceptors (Lipinski definition) is 5. The Balaban J connectivity index is 1.24. The average molecular weight is 392 g/mol. The molecule has 4 aliphatic rings. The fourth-order valence-electron chi connectivity index (χ4n) is 4.49. The standard InChI is InChI=1S/C20H23F3N4O/c21-14-5-16(23)15(22)4-13(14)19-17(24)3-12(9-28-19)27-7-11-6-25-20(10-1-2-10)26-18(11)8-27/h5-6,10,12-13,17,19H,1-4,7-9,24H2/t12?,13?,17?,19-/m1/s1. The van der Waals surface area contributed by atoms with Gasteiger partial charge in [0.05, 0.1) is 18.4 Å². The fraction of sp³-hybridized carbons (Fsp3) is 0.600. The second-order valence-electron chi connectivity index (χ2n) is 8.32. The highest BCUT2D eigenvalue weighted by Crippen LogP contribution is 2.40. The molecule has 0 amide bonds. The number of fused-ring (bicyclic) bond motifs is 1. The maximum absolute atomic E-state index is 14.2. The minimum atomic E-state index is -1.14. The molecule has 2 fully saturated rings. The number of nitrogens with two attached hydrogens (primary N) is 1. The zero-order chi connectivity index (χ0) is 19.4. The topological polar surface area (TPSA) is 64.3 Å². The van der Waals surface area contributed by atoms with Crippen LogP contribution >= 0.6 is 0 Å². The fourth-order valence-corrected chi connectivity index (χ4v) is 4.49. The van der Waals surface area contributed by atoms with Crippen LogP contribution in [0.25, 0.3) is 0 Å². The van der Waals surface area contributed by atoms with Crippen molar-refractivity contribution in [3.8, 4) is 0 Å². The Hall–Kier alpha value is -1.77. The summed E-state index contributed by atoms with van der Waals surface area (Å²) in [6.45, 7) is 1.85. The van der Waals surface area contributed by atoms with E-state index in [1.165, 1.54) is 12.8 Å². The number of halogens is 3. The lowest BCUT2D eigenvalue weighted by molar-refractivity contribution is -0.0731. The van der Waals surface area contributed by atoms with Crippen molar-refractivity contribution in [1.29, 1.82) is 0 Å². The summed E-state index contributed by atoms with van der Waals surface area (Å²) in [6, 6.07) is -0.369. The van der Waals surface area contributed by atoms with Crippen LogP contribution < -0.4 is 5.73 Å². The summed E-state index contributed by atoms with van der Waals surface area (Å²) >= 11 is 0. The molecule has 150 valence electrons. The summed E-state index contributed by atoms with van der Waals surface area (Å²) in [5.74, 6) is -2.18. The molecule has 4 atom stereocenters. The molecular weight excluding hydrogens is 369 g/mol. The Morgan fingerprint density at radius 2 is 2.00 bits per heavy atom. The molecule has 0 radical (unpaired) electrons. The summed E-state index contributed by atoms with van der Waals surface area (Å²) in [5.41, 5.74) is 8.48. The van der Waals surface area contributed by atoms with Gasteiger partial charge in [-0.3, -0.25) is 4.90 Å². The van der Waals surface area contributed by atoms with Crippen LogP contribution in [0.5, 0.6) is 0 Å². The van der Waals surface area contributed by atoms with Crippen LogP contribution in [-0.2, 0) is 17.8 Å². The summed E-state index contributed by atoms with van der Waals surface area (Å²) in [5, 5.41) is 0. The molecule has 8 heteroatoms. The van der Waals surface area contributed by atoms with E-state index in [0.29, 0.717) is 25.0 Å². The molecule has 2 N–H and O–H groups in total. The number of hydrogen-bond donors (Lipinski definition) is 1. The zero-order valence-corrected chi connectivity index (χ0v) is 15.5. The Labute approximate surface area is 161 Å². The number of ether oxygens (including phenoxy) is 1. The van der Waals surface area contributed by atoms with Gasteiger partial charge in [0, 0.05) is 61.3 Å². The highest BCUT2D eigenvalue weighted by molar-refractivity contribution is 5.27. The molecule has 1 saturated heterocycles. The van der Waals surface area contributed by atoms with E-state index >= 15 is 0 Å². The average Bonchev–Trinajstić information content (AvgIpc) is 3.43. The van der Waals surface area contributed by atoms with Crippen molar-refractivity contribution < 1.29 is 17.9 Å². The molecule has 1 aromatic heterocycles. The Kier molecular flexibility index (Phi) is 4.52. The number of nitrogens with zero attached hydrogens (tertiary/aromatic N) is 3. The normalized spacial score (nSPS) is 33.8. The van der Waals surface area contributed by atoms with Crippen LogP contribution in [0.2, 0.25) is 0 Å². The van der Waals surface area contributed by atoms with Gasteiger partial charge in [0.25, 0.3) is 0 Å². The minimum Gasteiger partial charge on any atom is -0.374 e. The molecule has 1 aromatic rings. The van der Waals surface area contributed by atoms with Crippen LogP contribution in [0.15, 0.2) is 29.8 Å². The second-order valence-corrected chi connectivity index (χ2v) is 8.32. The third-order valence-electron chi connectivity index (χ3n) is 6.28. The van der Waals surface area contributed by atoms with Crippen molar-refractivity contribution in [3.63, 3.8) is 0 Å². The van der Waals surface area contributed by atoms with E-state index < -0.39 is 35.5 Å². The molecule has 0 spiro atoms.